The molecule has 0 radical (unpaired) electrons. The lowest BCUT2D eigenvalue weighted by Crippen LogP contribution is -2.39. The summed E-state index contributed by atoms with van der Waals surface area (Å²) in [6.07, 6.45) is -0.502. The van der Waals surface area contributed by atoms with Crippen LogP contribution in [-0.4, -0.2) is 9.13 Å². The van der Waals surface area contributed by atoms with Gasteiger partial charge in [-0.3, -0.25) is 10.6 Å². The van der Waals surface area contributed by atoms with Crippen molar-refractivity contribution >= 4 is 43.6 Å². The van der Waals surface area contributed by atoms with Crippen LogP contribution in [0, 0.1) is 0 Å². The molecule has 0 aliphatic heterocycles. The lowest BCUT2D eigenvalue weighted by atomic mass is 10.0. The molecular formula is C51H41N5. The monoisotopic (exact) mass is 723 g/mol. The van der Waals surface area contributed by atoms with Gasteiger partial charge in [0.05, 0.1) is 34.4 Å². The summed E-state index contributed by atoms with van der Waals surface area (Å²) in [6, 6.07) is 71.4. The summed E-state index contributed by atoms with van der Waals surface area (Å²) in [5.41, 5.74) is 19.5. The minimum atomic E-state index is -0.334. The van der Waals surface area contributed by atoms with Crippen molar-refractivity contribution in [3.63, 3.8) is 0 Å². The minimum absolute atomic E-state index is 0.167. The van der Waals surface area contributed by atoms with E-state index in [0.29, 0.717) is 6.54 Å². The zero-order valence-corrected chi connectivity index (χ0v) is 30.9. The number of aromatic nitrogens is 2. The molecule has 10 rings (SSSR count). The van der Waals surface area contributed by atoms with E-state index >= 15 is 0 Å². The van der Waals surface area contributed by atoms with Crippen molar-refractivity contribution in [3.05, 3.63) is 217 Å². The molecule has 0 fully saturated rings. The summed E-state index contributed by atoms with van der Waals surface area (Å²) in [6.45, 7) is 0.707. The molecule has 8 aromatic carbocycles. The molecule has 56 heavy (non-hydrogen) atoms. The Balaban J connectivity index is 1.02. The Kier molecular flexibility index (Phi) is 8.73. The van der Waals surface area contributed by atoms with Gasteiger partial charge in [-0.25, -0.2) is 0 Å². The van der Waals surface area contributed by atoms with Crippen LogP contribution in [0.4, 0.5) is 0 Å². The maximum Gasteiger partial charge on any atom is 0.0852 e. The highest BCUT2D eigenvalue weighted by Gasteiger charge is 2.19. The third-order valence-corrected chi connectivity index (χ3v) is 11.0. The van der Waals surface area contributed by atoms with Gasteiger partial charge < -0.3 is 14.9 Å². The molecule has 2 unspecified atom stereocenters. The first-order chi connectivity index (χ1) is 27.7. The molecule has 2 heterocycles. The summed E-state index contributed by atoms with van der Waals surface area (Å²) >= 11 is 0. The van der Waals surface area contributed by atoms with Crippen molar-refractivity contribution in [2.24, 2.45) is 5.73 Å². The Morgan fingerprint density at radius 2 is 0.875 bits per heavy atom. The average molecular weight is 724 g/mol. The first kappa shape index (κ1) is 33.8. The van der Waals surface area contributed by atoms with E-state index in [-0.39, 0.29) is 12.3 Å². The highest BCUT2D eigenvalue weighted by Crippen LogP contribution is 2.38. The number of para-hydroxylation sites is 3. The zero-order valence-electron chi connectivity index (χ0n) is 30.9. The van der Waals surface area contributed by atoms with Crippen molar-refractivity contribution < 1.29 is 0 Å². The number of nitrogens with zero attached hydrogens (tertiary/aromatic N) is 2. The molecule has 5 heteroatoms. The summed E-state index contributed by atoms with van der Waals surface area (Å²) in [5, 5.41) is 12.3. The number of hydrogen-bond donors (Lipinski definition) is 3. The van der Waals surface area contributed by atoms with Crippen molar-refractivity contribution in [3.8, 4) is 22.5 Å². The largest absolute Gasteiger partial charge is 0.312 e. The standard InChI is InChI=1S/C51H41N5/c52-50(36-16-6-2-7-17-36)54-51(53-34-35-14-4-1-5-15-35)37-24-28-41(29-25-37)56-47-23-13-11-21-43(47)45-33-39(27-31-49(45)56)38-26-30-48-44(32-38)42-20-10-12-22-46(42)55(48)40-18-8-3-9-19-40/h1-33,50-51,53-54H,34,52H2. The van der Waals surface area contributed by atoms with Crippen molar-refractivity contribution in [2.75, 3.05) is 0 Å². The van der Waals surface area contributed by atoms with Crippen LogP contribution in [0.2, 0.25) is 0 Å². The topological polar surface area (TPSA) is 59.9 Å². The van der Waals surface area contributed by atoms with Crippen molar-refractivity contribution in [1.82, 2.24) is 19.8 Å². The van der Waals surface area contributed by atoms with Crippen LogP contribution in [0.25, 0.3) is 66.1 Å². The molecule has 0 saturated carbocycles. The number of benzene rings is 8. The van der Waals surface area contributed by atoms with Crippen LogP contribution >= 0.6 is 0 Å². The smallest absolute Gasteiger partial charge is 0.0852 e. The number of rotatable bonds is 10. The quantitative estimate of drug-likeness (QED) is 0.123. The van der Waals surface area contributed by atoms with E-state index in [1.807, 2.05) is 24.3 Å². The average Bonchev–Trinajstić information content (AvgIpc) is 3.78. The second-order valence-electron chi connectivity index (χ2n) is 14.5. The fourth-order valence-corrected chi connectivity index (χ4v) is 8.28. The molecule has 2 aromatic heterocycles. The van der Waals surface area contributed by atoms with Crippen LogP contribution in [0.15, 0.2) is 200 Å². The molecule has 0 bridgehead atoms. The van der Waals surface area contributed by atoms with Gasteiger partial charge in [0.15, 0.2) is 0 Å². The Labute approximate surface area is 326 Å². The lowest BCUT2D eigenvalue weighted by Gasteiger charge is -2.25. The van der Waals surface area contributed by atoms with E-state index in [0.717, 1.165) is 16.8 Å². The zero-order chi connectivity index (χ0) is 37.4. The van der Waals surface area contributed by atoms with Crippen molar-refractivity contribution in [2.45, 2.75) is 18.9 Å². The Hall–Kier alpha value is -6.76. The number of hydrogen-bond acceptors (Lipinski definition) is 3. The molecule has 270 valence electrons. The van der Waals surface area contributed by atoms with Gasteiger partial charge in [-0.05, 0) is 88.5 Å². The van der Waals surface area contributed by atoms with Crippen LogP contribution < -0.4 is 16.4 Å². The van der Waals surface area contributed by atoms with E-state index < -0.39 is 0 Å². The Morgan fingerprint density at radius 1 is 0.411 bits per heavy atom. The molecule has 0 spiro atoms. The van der Waals surface area contributed by atoms with E-state index in [1.54, 1.807) is 0 Å². The number of nitrogens with two attached hydrogens (primary N) is 1. The molecule has 4 N–H and O–H groups in total. The summed E-state index contributed by atoms with van der Waals surface area (Å²) in [4.78, 5) is 0. The molecule has 0 aliphatic rings. The van der Waals surface area contributed by atoms with E-state index in [4.69, 9.17) is 5.73 Å². The number of nitrogens with one attached hydrogen (secondary N) is 2. The number of fused-ring (bicyclic) bond motifs is 6. The second kappa shape index (κ2) is 14.5. The van der Waals surface area contributed by atoms with Gasteiger partial charge in [0.2, 0.25) is 0 Å². The van der Waals surface area contributed by atoms with Gasteiger partial charge >= 0.3 is 0 Å². The van der Waals surface area contributed by atoms with E-state index in [9.17, 15) is 0 Å². The lowest BCUT2D eigenvalue weighted by molar-refractivity contribution is 0.386. The van der Waals surface area contributed by atoms with Gasteiger partial charge in [0.1, 0.15) is 0 Å². The molecule has 5 nitrogen and oxygen atoms in total. The van der Waals surface area contributed by atoms with Gasteiger partial charge in [0.25, 0.3) is 0 Å². The highest BCUT2D eigenvalue weighted by molar-refractivity contribution is 6.12. The Morgan fingerprint density at radius 3 is 1.45 bits per heavy atom. The molecule has 2 atom stereocenters. The molecule has 0 saturated heterocycles. The normalized spacial score (nSPS) is 12.8. The first-order valence-electron chi connectivity index (χ1n) is 19.3. The second-order valence-corrected chi connectivity index (χ2v) is 14.5. The molecular weight excluding hydrogens is 683 g/mol. The van der Waals surface area contributed by atoms with Gasteiger partial charge in [-0.1, -0.05) is 140 Å². The van der Waals surface area contributed by atoms with Gasteiger partial charge in [0, 0.05) is 39.5 Å². The third kappa shape index (κ3) is 6.14. The van der Waals surface area contributed by atoms with Gasteiger partial charge in [-0.2, -0.15) is 0 Å². The van der Waals surface area contributed by atoms with Crippen LogP contribution in [0.1, 0.15) is 29.0 Å². The Bertz CT molecular complexity index is 2950. The summed E-state index contributed by atoms with van der Waals surface area (Å²) in [7, 11) is 0. The molecule has 10 aromatic rings. The molecule has 0 amide bonds. The summed E-state index contributed by atoms with van der Waals surface area (Å²) in [5.74, 6) is 0. The predicted octanol–water partition coefficient (Wildman–Crippen LogP) is 11.6. The maximum absolute atomic E-state index is 6.71. The summed E-state index contributed by atoms with van der Waals surface area (Å²) < 4.78 is 4.75. The highest BCUT2D eigenvalue weighted by atomic mass is 15.2. The van der Waals surface area contributed by atoms with Crippen LogP contribution in [-0.2, 0) is 6.54 Å². The van der Waals surface area contributed by atoms with Crippen LogP contribution in [0.3, 0.4) is 0 Å². The maximum atomic E-state index is 6.71. The minimum Gasteiger partial charge on any atom is -0.312 e. The fourth-order valence-electron chi connectivity index (χ4n) is 8.28. The van der Waals surface area contributed by atoms with Crippen LogP contribution in [0.5, 0.6) is 0 Å². The third-order valence-electron chi connectivity index (χ3n) is 11.0. The van der Waals surface area contributed by atoms with E-state index in [1.165, 1.54) is 66.0 Å². The molecule has 0 aliphatic carbocycles. The SMILES string of the molecule is NC(NC(NCc1ccccc1)c1ccc(-n2c3ccccc3c3cc(-c4ccc5c(c4)c4ccccc4n5-c4ccccc4)ccc32)cc1)c1ccccc1. The predicted molar refractivity (Wildman–Crippen MR) is 233 cm³/mol. The first-order valence-corrected chi connectivity index (χ1v) is 19.3. The van der Waals surface area contributed by atoms with Gasteiger partial charge in [-0.15, -0.1) is 0 Å². The fraction of sp³-hybridized carbons (Fsp3) is 0.0588. The van der Waals surface area contributed by atoms with Crippen molar-refractivity contribution in [1.29, 1.82) is 0 Å². The van der Waals surface area contributed by atoms with E-state index in [2.05, 4.69) is 196 Å².